The molecule has 0 saturated carbocycles. The molecule has 0 fully saturated rings. The molecule has 0 saturated heterocycles. The van der Waals surface area contributed by atoms with Crippen LogP contribution in [0.2, 0.25) is 0 Å². The van der Waals surface area contributed by atoms with Crippen LogP contribution in [0.25, 0.3) is 0 Å². The van der Waals surface area contributed by atoms with Crippen LogP contribution in [0.5, 0.6) is 0 Å². The van der Waals surface area contributed by atoms with Gasteiger partial charge in [-0.2, -0.15) is 5.26 Å². The molecule has 0 heterocycles. The minimum atomic E-state index is 0.426. The molecule has 0 bridgehead atoms. The number of nitriles is 1. The highest BCUT2D eigenvalue weighted by Crippen LogP contribution is 2.07. The number of aryl methyl sites for hydroxylation is 1. The van der Waals surface area contributed by atoms with Gasteiger partial charge in [0.2, 0.25) is 0 Å². The van der Waals surface area contributed by atoms with Crippen molar-refractivity contribution in [3.8, 4) is 6.07 Å². The summed E-state index contributed by atoms with van der Waals surface area (Å²) in [6.07, 6.45) is 2.60. The van der Waals surface area contributed by atoms with Gasteiger partial charge in [0.1, 0.15) is 6.61 Å². The monoisotopic (exact) mass is 264 g/mol. The fourth-order valence-electron chi connectivity index (χ4n) is 1.79. The van der Waals surface area contributed by atoms with Crippen LogP contribution in [-0.4, -0.2) is 6.21 Å². The van der Waals surface area contributed by atoms with Gasteiger partial charge in [-0.05, 0) is 23.6 Å². The second-order valence-corrected chi connectivity index (χ2v) is 4.38. The van der Waals surface area contributed by atoms with E-state index in [1.165, 1.54) is 5.56 Å². The van der Waals surface area contributed by atoms with Gasteiger partial charge in [-0.3, -0.25) is 0 Å². The van der Waals surface area contributed by atoms with E-state index in [9.17, 15) is 0 Å². The van der Waals surface area contributed by atoms with Gasteiger partial charge >= 0.3 is 0 Å². The van der Waals surface area contributed by atoms with Crippen molar-refractivity contribution < 1.29 is 4.84 Å². The lowest BCUT2D eigenvalue weighted by Crippen LogP contribution is -1.91. The summed E-state index contributed by atoms with van der Waals surface area (Å²) in [7, 11) is 0. The number of hydrogen-bond acceptors (Lipinski definition) is 3. The standard InChI is InChI=1S/C17H16N2O/c1-2-14-7-9-15(10-8-14)13-20-19-12-17-6-4-3-5-16(17)11-18/h3-10,12H,2,13H2,1H3. The molecule has 2 rings (SSSR count). The van der Waals surface area contributed by atoms with Crippen LogP contribution in [0.3, 0.4) is 0 Å². The number of nitrogens with zero attached hydrogens (tertiary/aromatic N) is 2. The molecule has 100 valence electrons. The molecule has 2 aromatic rings. The topological polar surface area (TPSA) is 45.4 Å². The van der Waals surface area contributed by atoms with E-state index in [4.69, 9.17) is 10.1 Å². The lowest BCUT2D eigenvalue weighted by Gasteiger charge is -2.01. The first-order valence-corrected chi connectivity index (χ1v) is 6.55. The van der Waals surface area contributed by atoms with Gasteiger partial charge in [-0.25, -0.2) is 0 Å². The fraction of sp³-hybridized carbons (Fsp3) is 0.176. The molecular formula is C17H16N2O. The maximum Gasteiger partial charge on any atom is 0.142 e. The van der Waals surface area contributed by atoms with E-state index in [1.54, 1.807) is 12.3 Å². The van der Waals surface area contributed by atoms with Crippen LogP contribution in [0.15, 0.2) is 53.7 Å². The molecule has 0 aliphatic carbocycles. The zero-order valence-corrected chi connectivity index (χ0v) is 11.4. The normalized spacial score (nSPS) is 10.4. The highest BCUT2D eigenvalue weighted by Gasteiger charge is 1.97. The summed E-state index contributed by atoms with van der Waals surface area (Å²) in [5.41, 5.74) is 3.73. The molecule has 0 atom stereocenters. The van der Waals surface area contributed by atoms with Gasteiger partial charge < -0.3 is 4.84 Å². The quantitative estimate of drug-likeness (QED) is 0.611. The molecule has 0 aromatic heterocycles. The molecular weight excluding hydrogens is 248 g/mol. The number of benzene rings is 2. The zero-order chi connectivity index (χ0) is 14.2. The Morgan fingerprint density at radius 2 is 1.80 bits per heavy atom. The van der Waals surface area contributed by atoms with Gasteiger partial charge in [0, 0.05) is 5.56 Å². The van der Waals surface area contributed by atoms with Crippen LogP contribution in [-0.2, 0) is 17.9 Å². The first-order valence-electron chi connectivity index (χ1n) is 6.55. The number of rotatable bonds is 5. The average Bonchev–Trinajstić information content (AvgIpc) is 2.52. The van der Waals surface area contributed by atoms with Crippen molar-refractivity contribution in [2.75, 3.05) is 0 Å². The zero-order valence-electron chi connectivity index (χ0n) is 11.4. The number of hydrogen-bond donors (Lipinski definition) is 0. The van der Waals surface area contributed by atoms with Crippen LogP contribution < -0.4 is 0 Å². The van der Waals surface area contributed by atoms with Gasteiger partial charge in [0.25, 0.3) is 0 Å². The van der Waals surface area contributed by atoms with Crippen molar-refractivity contribution in [3.05, 3.63) is 70.8 Å². The predicted octanol–water partition coefficient (Wildman–Crippen LogP) is 3.67. The van der Waals surface area contributed by atoms with Crippen molar-refractivity contribution >= 4 is 6.21 Å². The van der Waals surface area contributed by atoms with E-state index >= 15 is 0 Å². The summed E-state index contributed by atoms with van der Waals surface area (Å²) in [4.78, 5) is 5.26. The van der Waals surface area contributed by atoms with Crippen molar-refractivity contribution in [1.82, 2.24) is 0 Å². The highest BCUT2D eigenvalue weighted by atomic mass is 16.6. The van der Waals surface area contributed by atoms with Gasteiger partial charge in [0.15, 0.2) is 0 Å². The summed E-state index contributed by atoms with van der Waals surface area (Å²) in [5.74, 6) is 0. The lowest BCUT2D eigenvalue weighted by atomic mass is 10.1. The molecule has 20 heavy (non-hydrogen) atoms. The molecule has 0 aliphatic rings. The first kappa shape index (κ1) is 13.8. The largest absolute Gasteiger partial charge is 0.391 e. The average molecular weight is 264 g/mol. The van der Waals surface area contributed by atoms with E-state index in [0.29, 0.717) is 12.2 Å². The first-order chi connectivity index (χ1) is 9.83. The van der Waals surface area contributed by atoms with Crippen molar-refractivity contribution in [3.63, 3.8) is 0 Å². The van der Waals surface area contributed by atoms with Crippen LogP contribution in [0.4, 0.5) is 0 Å². The highest BCUT2D eigenvalue weighted by molar-refractivity contribution is 5.82. The fourth-order valence-corrected chi connectivity index (χ4v) is 1.79. The van der Waals surface area contributed by atoms with Gasteiger partial charge in [0.05, 0.1) is 17.8 Å². The molecule has 3 heteroatoms. The summed E-state index contributed by atoms with van der Waals surface area (Å²) < 4.78 is 0. The molecule has 0 amide bonds. The smallest absolute Gasteiger partial charge is 0.142 e. The Morgan fingerprint density at radius 1 is 1.10 bits per heavy atom. The molecule has 0 spiro atoms. The Balaban J connectivity index is 1.92. The Hall–Kier alpha value is -2.60. The van der Waals surface area contributed by atoms with Gasteiger partial charge in [-0.1, -0.05) is 54.5 Å². The Morgan fingerprint density at radius 3 is 2.50 bits per heavy atom. The molecule has 0 unspecified atom stereocenters. The third-order valence-electron chi connectivity index (χ3n) is 3.01. The Bertz CT molecular complexity index is 624. The minimum absolute atomic E-state index is 0.426. The summed E-state index contributed by atoms with van der Waals surface area (Å²) in [6.45, 7) is 2.55. The van der Waals surface area contributed by atoms with Crippen LogP contribution in [0.1, 0.15) is 29.2 Å². The predicted molar refractivity (Wildman–Crippen MR) is 79.4 cm³/mol. The summed E-state index contributed by atoms with van der Waals surface area (Å²) in [6, 6.07) is 17.7. The van der Waals surface area contributed by atoms with Crippen LogP contribution in [0, 0.1) is 11.3 Å². The van der Waals surface area contributed by atoms with E-state index in [1.807, 2.05) is 30.3 Å². The van der Waals surface area contributed by atoms with E-state index < -0.39 is 0 Å². The second-order valence-electron chi connectivity index (χ2n) is 4.38. The van der Waals surface area contributed by atoms with E-state index in [0.717, 1.165) is 17.5 Å². The molecule has 3 nitrogen and oxygen atoms in total. The van der Waals surface area contributed by atoms with Crippen molar-refractivity contribution in [1.29, 1.82) is 5.26 Å². The van der Waals surface area contributed by atoms with Crippen molar-refractivity contribution in [2.24, 2.45) is 5.16 Å². The van der Waals surface area contributed by atoms with Crippen LogP contribution >= 0.6 is 0 Å². The summed E-state index contributed by atoms with van der Waals surface area (Å²) in [5, 5.41) is 12.9. The minimum Gasteiger partial charge on any atom is -0.391 e. The molecule has 0 aliphatic heterocycles. The molecule has 2 aromatic carbocycles. The third kappa shape index (κ3) is 3.69. The molecule has 0 radical (unpaired) electrons. The summed E-state index contributed by atoms with van der Waals surface area (Å²) >= 11 is 0. The Labute approximate surface area is 119 Å². The second kappa shape index (κ2) is 7.10. The third-order valence-corrected chi connectivity index (χ3v) is 3.01. The van der Waals surface area contributed by atoms with Crippen molar-refractivity contribution in [2.45, 2.75) is 20.0 Å². The van der Waals surface area contributed by atoms with E-state index in [2.05, 4.69) is 30.3 Å². The maximum absolute atomic E-state index is 8.95. The number of oxime groups is 1. The van der Waals surface area contributed by atoms with E-state index in [-0.39, 0.29) is 0 Å². The maximum atomic E-state index is 8.95. The lowest BCUT2D eigenvalue weighted by molar-refractivity contribution is 0.132. The molecule has 0 N–H and O–H groups in total. The van der Waals surface area contributed by atoms with Gasteiger partial charge in [-0.15, -0.1) is 0 Å². The SMILES string of the molecule is CCc1ccc(CON=Cc2ccccc2C#N)cc1. The Kier molecular flexibility index (Phi) is 4.91.